The molecule has 1 heterocycles. The Morgan fingerprint density at radius 3 is 2.48 bits per heavy atom. The maximum absolute atomic E-state index is 11.8. The molecule has 1 saturated heterocycles. The van der Waals surface area contributed by atoms with Crippen molar-refractivity contribution < 1.29 is 34.7 Å². The van der Waals surface area contributed by atoms with Gasteiger partial charge in [0.2, 0.25) is 6.29 Å². The van der Waals surface area contributed by atoms with Crippen LogP contribution < -0.4 is 10.1 Å². The van der Waals surface area contributed by atoms with Gasteiger partial charge < -0.3 is 35.2 Å². The van der Waals surface area contributed by atoms with Crippen molar-refractivity contribution in [1.29, 1.82) is 0 Å². The topological polar surface area (TPSA) is 128 Å². The van der Waals surface area contributed by atoms with Gasteiger partial charge in [-0.05, 0) is 42.3 Å². The predicted octanol–water partition coefficient (Wildman–Crippen LogP) is 0.282. The highest BCUT2D eigenvalue weighted by Gasteiger charge is 2.53. The van der Waals surface area contributed by atoms with E-state index in [9.17, 15) is 25.2 Å². The molecule has 0 saturated carbocycles. The highest BCUT2D eigenvalue weighted by molar-refractivity contribution is 5.95. The minimum Gasteiger partial charge on any atom is -0.462 e. The molecule has 1 aliphatic rings. The Hall–Kier alpha value is -2.49. The predicted molar refractivity (Wildman–Crippen MR) is 104 cm³/mol. The molecule has 0 aromatic heterocycles. The van der Waals surface area contributed by atoms with E-state index in [-0.39, 0.29) is 5.91 Å². The number of amides is 1. The summed E-state index contributed by atoms with van der Waals surface area (Å²) in [7, 11) is 1.57. The van der Waals surface area contributed by atoms with E-state index in [1.807, 2.05) is 6.07 Å². The summed E-state index contributed by atoms with van der Waals surface area (Å²) < 4.78 is 11.1. The third-order valence-corrected chi connectivity index (χ3v) is 5.04. The summed E-state index contributed by atoms with van der Waals surface area (Å²) in [5.41, 5.74) is 0.353. The molecule has 0 bridgehead atoms. The monoisotopic (exact) mass is 403 g/mol. The zero-order valence-corrected chi connectivity index (χ0v) is 16.1. The first-order valence-electron chi connectivity index (χ1n) is 9.22. The first-order valence-corrected chi connectivity index (χ1v) is 9.22. The fraction of sp³-hybridized carbons (Fsp3) is 0.381. The number of nitrogens with one attached hydrogen (secondary N) is 1. The summed E-state index contributed by atoms with van der Waals surface area (Å²) in [6.07, 6.45) is -5.36. The first-order chi connectivity index (χ1) is 13.8. The number of carbonyl (C=O) groups is 1. The van der Waals surface area contributed by atoms with E-state index in [0.29, 0.717) is 11.3 Å². The average Bonchev–Trinajstić information content (AvgIpc) is 2.74. The third-order valence-electron chi connectivity index (χ3n) is 5.04. The third kappa shape index (κ3) is 4.26. The molecular weight excluding hydrogens is 378 g/mol. The molecule has 8 heteroatoms. The Bertz CT molecular complexity index is 852. The normalized spacial score (nSPS) is 29.3. The van der Waals surface area contributed by atoms with Crippen molar-refractivity contribution in [2.45, 2.75) is 37.1 Å². The second-order valence-electron chi connectivity index (χ2n) is 7.15. The highest BCUT2D eigenvalue weighted by atomic mass is 16.7. The van der Waals surface area contributed by atoms with Crippen LogP contribution in [0.1, 0.15) is 17.3 Å². The van der Waals surface area contributed by atoms with Gasteiger partial charge in [-0.25, -0.2) is 0 Å². The van der Waals surface area contributed by atoms with E-state index >= 15 is 0 Å². The fourth-order valence-corrected chi connectivity index (χ4v) is 3.20. The summed E-state index contributed by atoms with van der Waals surface area (Å²) in [5.74, 6) is 0.185. The molecule has 156 valence electrons. The number of ether oxygens (including phenoxy) is 2. The van der Waals surface area contributed by atoms with Crippen molar-refractivity contribution in [2.24, 2.45) is 0 Å². The lowest BCUT2D eigenvalue weighted by Gasteiger charge is -2.45. The van der Waals surface area contributed by atoms with E-state index in [1.165, 1.54) is 6.92 Å². The van der Waals surface area contributed by atoms with Crippen LogP contribution in [-0.2, 0) is 4.74 Å². The summed E-state index contributed by atoms with van der Waals surface area (Å²) >= 11 is 0. The SMILES string of the molecule is CNC(=O)c1cccc(-c2ccc(OC3OC(CO)C(O)C(O)C3(C)O)cc2)c1. The molecule has 5 atom stereocenters. The summed E-state index contributed by atoms with van der Waals surface area (Å²) in [6, 6.07) is 14.0. The number of hydrogen-bond acceptors (Lipinski definition) is 7. The van der Waals surface area contributed by atoms with Gasteiger partial charge >= 0.3 is 0 Å². The number of hydrogen-bond donors (Lipinski definition) is 5. The van der Waals surface area contributed by atoms with Crippen LogP contribution in [0.5, 0.6) is 5.75 Å². The molecule has 1 aliphatic heterocycles. The van der Waals surface area contributed by atoms with Gasteiger partial charge in [-0.15, -0.1) is 0 Å². The molecular formula is C21H25NO7. The van der Waals surface area contributed by atoms with Gasteiger partial charge in [0, 0.05) is 12.6 Å². The molecule has 0 radical (unpaired) electrons. The van der Waals surface area contributed by atoms with Gasteiger partial charge in [0.15, 0.2) is 5.60 Å². The summed E-state index contributed by atoms with van der Waals surface area (Å²) in [6.45, 7) is 0.757. The largest absolute Gasteiger partial charge is 0.462 e. The minimum absolute atomic E-state index is 0.178. The van der Waals surface area contributed by atoms with E-state index in [2.05, 4.69) is 5.32 Å². The van der Waals surface area contributed by atoms with Crippen LogP contribution in [-0.4, -0.2) is 70.2 Å². The van der Waals surface area contributed by atoms with Crippen molar-refractivity contribution in [3.8, 4) is 16.9 Å². The van der Waals surface area contributed by atoms with Crippen LogP contribution in [0.2, 0.25) is 0 Å². The van der Waals surface area contributed by atoms with Gasteiger partial charge in [0.1, 0.15) is 24.1 Å². The Morgan fingerprint density at radius 1 is 1.17 bits per heavy atom. The molecule has 5 unspecified atom stereocenters. The molecule has 1 fully saturated rings. The zero-order chi connectivity index (χ0) is 21.2. The quantitative estimate of drug-likeness (QED) is 0.485. The van der Waals surface area contributed by atoms with Crippen LogP contribution in [0.15, 0.2) is 48.5 Å². The lowest BCUT2D eigenvalue weighted by Crippen LogP contribution is -2.66. The second-order valence-corrected chi connectivity index (χ2v) is 7.15. The molecule has 5 N–H and O–H groups in total. The van der Waals surface area contributed by atoms with Gasteiger partial charge in [0.05, 0.1) is 6.61 Å². The number of carbonyl (C=O) groups excluding carboxylic acids is 1. The van der Waals surface area contributed by atoms with Gasteiger partial charge in [-0.3, -0.25) is 4.79 Å². The summed E-state index contributed by atoms with van der Waals surface area (Å²) in [4.78, 5) is 11.8. The van der Waals surface area contributed by atoms with Crippen molar-refractivity contribution in [3.63, 3.8) is 0 Å². The van der Waals surface area contributed by atoms with Crippen LogP contribution >= 0.6 is 0 Å². The second kappa shape index (κ2) is 8.48. The van der Waals surface area contributed by atoms with Gasteiger partial charge in [0.25, 0.3) is 5.91 Å². The van der Waals surface area contributed by atoms with E-state index < -0.39 is 36.8 Å². The van der Waals surface area contributed by atoms with Crippen molar-refractivity contribution in [2.75, 3.05) is 13.7 Å². The molecule has 0 spiro atoms. The standard InChI is InChI=1S/C21H25NO7/c1-21(27)18(25)17(24)16(11-23)29-20(21)28-15-8-6-12(7-9-15)13-4-3-5-14(10-13)19(26)22-2/h3-10,16-18,20,23-25,27H,11H2,1-2H3,(H,22,26). The van der Waals surface area contributed by atoms with Crippen LogP contribution in [0.25, 0.3) is 11.1 Å². The van der Waals surface area contributed by atoms with Crippen molar-refractivity contribution in [1.82, 2.24) is 5.32 Å². The first kappa shape index (κ1) is 21.2. The molecule has 1 amide bonds. The van der Waals surface area contributed by atoms with E-state index in [4.69, 9.17) is 9.47 Å². The zero-order valence-electron chi connectivity index (χ0n) is 16.1. The van der Waals surface area contributed by atoms with Crippen LogP contribution in [0.4, 0.5) is 0 Å². The lowest BCUT2D eigenvalue weighted by atomic mass is 9.88. The Kier molecular flexibility index (Phi) is 6.21. The highest BCUT2D eigenvalue weighted by Crippen LogP contribution is 2.32. The maximum Gasteiger partial charge on any atom is 0.251 e. The van der Waals surface area contributed by atoms with Crippen molar-refractivity contribution in [3.05, 3.63) is 54.1 Å². The summed E-state index contributed by atoms with van der Waals surface area (Å²) in [5, 5.41) is 42.5. The number of rotatable bonds is 5. The minimum atomic E-state index is -1.88. The van der Waals surface area contributed by atoms with E-state index in [1.54, 1.807) is 49.5 Å². The van der Waals surface area contributed by atoms with Crippen LogP contribution in [0, 0.1) is 0 Å². The fourth-order valence-electron chi connectivity index (χ4n) is 3.20. The molecule has 2 aromatic rings. The van der Waals surface area contributed by atoms with Crippen molar-refractivity contribution >= 4 is 5.91 Å². The molecule has 8 nitrogen and oxygen atoms in total. The van der Waals surface area contributed by atoms with E-state index in [0.717, 1.165) is 11.1 Å². The Morgan fingerprint density at radius 2 is 1.86 bits per heavy atom. The smallest absolute Gasteiger partial charge is 0.251 e. The molecule has 0 aliphatic carbocycles. The molecule has 29 heavy (non-hydrogen) atoms. The number of benzene rings is 2. The number of aliphatic hydroxyl groups is 4. The Labute approximate surface area is 168 Å². The Balaban J connectivity index is 1.78. The molecule has 2 aromatic carbocycles. The van der Waals surface area contributed by atoms with Crippen LogP contribution in [0.3, 0.4) is 0 Å². The number of aliphatic hydroxyl groups excluding tert-OH is 3. The average molecular weight is 403 g/mol. The van der Waals surface area contributed by atoms with Gasteiger partial charge in [-0.2, -0.15) is 0 Å². The van der Waals surface area contributed by atoms with Gasteiger partial charge in [-0.1, -0.05) is 24.3 Å². The maximum atomic E-state index is 11.8. The lowest BCUT2D eigenvalue weighted by molar-refractivity contribution is -0.314. The molecule has 3 rings (SSSR count).